The number of hydrogen-bond acceptors (Lipinski definition) is 4. The largest absolute Gasteiger partial charge is 0.382 e. The monoisotopic (exact) mass is 307 g/mol. The van der Waals surface area contributed by atoms with Crippen molar-refractivity contribution in [2.75, 3.05) is 13.7 Å². The Balaban J connectivity index is 2.73. The molecule has 0 aromatic heterocycles. The van der Waals surface area contributed by atoms with Gasteiger partial charge in [-0.05, 0) is 12.1 Å². The van der Waals surface area contributed by atoms with E-state index in [9.17, 15) is 4.79 Å². The number of methoxy groups -OCH3 is 1. The van der Waals surface area contributed by atoms with Gasteiger partial charge in [-0.25, -0.2) is 4.79 Å². The predicted molar refractivity (Wildman–Crippen MR) is 85.7 cm³/mol. The summed E-state index contributed by atoms with van der Waals surface area (Å²) in [7, 11) is -0.104. The lowest BCUT2D eigenvalue weighted by Gasteiger charge is -2.25. The first-order chi connectivity index (χ1) is 10.1. The van der Waals surface area contributed by atoms with Gasteiger partial charge in [-0.3, -0.25) is 4.89 Å². The Morgan fingerprint density at radius 1 is 1.24 bits per heavy atom. The Labute approximate surface area is 127 Å². The van der Waals surface area contributed by atoms with Crippen LogP contribution >= 0.6 is 0 Å². The molecule has 0 N–H and O–H groups in total. The van der Waals surface area contributed by atoms with Crippen molar-refractivity contribution in [3.8, 4) is 0 Å². The molecule has 1 rings (SSSR count). The van der Waals surface area contributed by atoms with Crippen molar-refractivity contribution in [1.82, 2.24) is 0 Å². The molecule has 0 aliphatic carbocycles. The van der Waals surface area contributed by atoms with Crippen molar-refractivity contribution in [3.05, 3.63) is 48.7 Å². The Hall–Kier alpha value is -1.43. The molecule has 0 fully saturated rings. The highest BCUT2D eigenvalue weighted by atomic mass is 28.3. The van der Waals surface area contributed by atoms with Crippen molar-refractivity contribution in [3.63, 3.8) is 0 Å². The van der Waals surface area contributed by atoms with Crippen LogP contribution in [-0.2, 0) is 14.5 Å². The molecule has 1 aromatic carbocycles. The summed E-state index contributed by atoms with van der Waals surface area (Å²) in [5.74, 6) is -0.521. The summed E-state index contributed by atoms with van der Waals surface area (Å²) in [4.78, 5) is 21.1. The molecular weight excluding hydrogens is 284 g/mol. The Morgan fingerprint density at radius 2 is 1.86 bits per heavy atom. The zero-order chi connectivity index (χ0) is 15.7. The van der Waals surface area contributed by atoms with E-state index in [0.717, 1.165) is 12.1 Å². The van der Waals surface area contributed by atoms with Crippen LogP contribution in [0.1, 0.15) is 24.2 Å². The Morgan fingerprint density at radius 3 is 2.33 bits per heavy atom. The molecule has 1 radical (unpaired) electrons. The second kappa shape index (κ2) is 8.77. The Bertz CT molecular complexity index is 452. The zero-order valence-electron chi connectivity index (χ0n) is 12.9. The lowest BCUT2D eigenvalue weighted by molar-refractivity contribution is -0.217. The SMILES string of the molecule is C=C[Si](CC)(CC)c1ccc(C(=O)OO[CH]COC)cc1. The third-order valence-electron chi connectivity index (χ3n) is 3.77. The topological polar surface area (TPSA) is 44.8 Å². The fraction of sp³-hybridized carbons (Fsp3) is 0.375. The van der Waals surface area contributed by atoms with E-state index in [2.05, 4.69) is 35.9 Å². The first-order valence-corrected chi connectivity index (χ1v) is 9.55. The molecule has 1 aromatic rings. The minimum Gasteiger partial charge on any atom is -0.382 e. The highest BCUT2D eigenvalue weighted by Crippen LogP contribution is 2.17. The molecule has 0 spiro atoms. The summed E-state index contributed by atoms with van der Waals surface area (Å²) in [6.45, 7) is 9.92. The van der Waals surface area contributed by atoms with Crippen LogP contribution < -0.4 is 5.19 Å². The quantitative estimate of drug-likeness (QED) is 0.304. The van der Waals surface area contributed by atoms with Gasteiger partial charge in [0.15, 0.2) is 6.61 Å². The summed E-state index contributed by atoms with van der Waals surface area (Å²) in [6, 6.07) is 9.74. The van der Waals surface area contributed by atoms with Crippen LogP contribution in [0.4, 0.5) is 0 Å². The second-order valence-corrected chi connectivity index (χ2v) is 9.45. The highest BCUT2D eigenvalue weighted by molar-refractivity contribution is 6.95. The maximum atomic E-state index is 11.8. The van der Waals surface area contributed by atoms with E-state index in [1.807, 2.05) is 12.1 Å². The van der Waals surface area contributed by atoms with E-state index in [-0.39, 0.29) is 6.61 Å². The fourth-order valence-electron chi connectivity index (χ4n) is 2.22. The lowest BCUT2D eigenvalue weighted by atomic mass is 10.2. The van der Waals surface area contributed by atoms with Crippen molar-refractivity contribution >= 4 is 19.2 Å². The summed E-state index contributed by atoms with van der Waals surface area (Å²) >= 11 is 0. The molecule has 0 amide bonds. The van der Waals surface area contributed by atoms with Crippen LogP contribution in [0.2, 0.25) is 12.1 Å². The molecule has 0 atom stereocenters. The summed E-state index contributed by atoms with van der Waals surface area (Å²) in [5.41, 5.74) is 2.58. The van der Waals surface area contributed by atoms with Crippen LogP contribution in [-0.4, -0.2) is 27.8 Å². The average Bonchev–Trinajstić information content (AvgIpc) is 2.54. The van der Waals surface area contributed by atoms with Gasteiger partial charge in [0.1, 0.15) is 8.07 Å². The lowest BCUT2D eigenvalue weighted by Crippen LogP contribution is -2.44. The number of carbonyl (C=O) groups excluding carboxylic acids is 1. The minimum atomic E-state index is -1.63. The predicted octanol–water partition coefficient (Wildman–Crippen LogP) is 3.00. The van der Waals surface area contributed by atoms with Gasteiger partial charge >= 0.3 is 5.97 Å². The number of rotatable bonds is 9. The minimum absolute atomic E-state index is 0.257. The summed E-state index contributed by atoms with van der Waals surface area (Å²) in [5, 5.41) is 1.28. The normalized spacial score (nSPS) is 11.2. The van der Waals surface area contributed by atoms with E-state index >= 15 is 0 Å². The fourth-order valence-corrected chi connectivity index (χ4v) is 5.18. The molecule has 0 heterocycles. The van der Waals surface area contributed by atoms with Gasteiger partial charge in [0.25, 0.3) is 0 Å². The first-order valence-electron chi connectivity index (χ1n) is 7.06. The standard InChI is InChI=1S/C16H23O4Si/c1-5-21(6-2,7-3)15-10-8-14(9-11-15)16(17)20-19-13-12-18-4/h5,8-11,13H,1,6-7,12H2,2-4H3. The molecule has 0 saturated heterocycles. The third kappa shape index (κ3) is 4.52. The van der Waals surface area contributed by atoms with Gasteiger partial charge in [-0.1, -0.05) is 49.0 Å². The molecule has 0 saturated carbocycles. The molecule has 0 unspecified atom stereocenters. The van der Waals surface area contributed by atoms with Gasteiger partial charge in [0.05, 0.1) is 12.2 Å². The van der Waals surface area contributed by atoms with Crippen LogP contribution in [0.15, 0.2) is 36.5 Å². The van der Waals surface area contributed by atoms with Crippen molar-refractivity contribution in [2.24, 2.45) is 0 Å². The van der Waals surface area contributed by atoms with Gasteiger partial charge < -0.3 is 4.74 Å². The molecular formula is C16H23O4Si. The molecule has 0 bridgehead atoms. The van der Waals surface area contributed by atoms with Crippen molar-refractivity contribution < 1.29 is 19.3 Å². The van der Waals surface area contributed by atoms with Crippen molar-refractivity contribution in [1.29, 1.82) is 0 Å². The van der Waals surface area contributed by atoms with Gasteiger partial charge in [-0.15, -0.1) is 6.58 Å². The van der Waals surface area contributed by atoms with E-state index in [0.29, 0.717) is 5.56 Å². The number of carbonyl (C=O) groups is 1. The van der Waals surface area contributed by atoms with Gasteiger partial charge in [0, 0.05) is 7.11 Å². The second-order valence-electron chi connectivity index (χ2n) is 4.73. The summed E-state index contributed by atoms with van der Waals surface area (Å²) < 4.78 is 4.74. The zero-order valence-corrected chi connectivity index (χ0v) is 13.9. The Kier molecular flexibility index (Phi) is 7.35. The average molecular weight is 307 g/mol. The third-order valence-corrected chi connectivity index (χ3v) is 8.56. The maximum absolute atomic E-state index is 11.8. The van der Waals surface area contributed by atoms with Crippen molar-refractivity contribution in [2.45, 2.75) is 25.9 Å². The van der Waals surface area contributed by atoms with E-state index in [1.54, 1.807) is 12.1 Å². The van der Waals surface area contributed by atoms with Gasteiger partial charge in [-0.2, -0.15) is 4.89 Å². The molecule has 21 heavy (non-hydrogen) atoms. The number of ether oxygens (including phenoxy) is 1. The summed E-state index contributed by atoms with van der Waals surface area (Å²) in [6.07, 6.45) is 0. The van der Waals surface area contributed by atoms with E-state index in [1.165, 1.54) is 18.9 Å². The first kappa shape index (κ1) is 17.6. The van der Waals surface area contributed by atoms with Crippen LogP contribution in [0.3, 0.4) is 0 Å². The maximum Gasteiger partial charge on any atom is 0.373 e. The van der Waals surface area contributed by atoms with E-state index < -0.39 is 14.0 Å². The molecule has 115 valence electrons. The van der Waals surface area contributed by atoms with Crippen LogP contribution in [0, 0.1) is 6.61 Å². The highest BCUT2D eigenvalue weighted by Gasteiger charge is 2.27. The molecule has 0 aliphatic heterocycles. The number of benzene rings is 1. The molecule has 0 aliphatic rings. The molecule has 4 nitrogen and oxygen atoms in total. The number of hydrogen-bond donors (Lipinski definition) is 0. The molecule has 5 heteroatoms. The van der Waals surface area contributed by atoms with Crippen LogP contribution in [0.25, 0.3) is 0 Å². The van der Waals surface area contributed by atoms with Crippen LogP contribution in [0.5, 0.6) is 0 Å². The van der Waals surface area contributed by atoms with E-state index in [4.69, 9.17) is 4.74 Å². The van der Waals surface area contributed by atoms with Gasteiger partial charge in [0.2, 0.25) is 0 Å². The smallest absolute Gasteiger partial charge is 0.373 e.